The van der Waals surface area contributed by atoms with E-state index in [1.807, 2.05) is 0 Å². The van der Waals surface area contributed by atoms with Crippen molar-refractivity contribution in [3.8, 4) is 0 Å². The highest BCUT2D eigenvalue weighted by Crippen LogP contribution is 2.28. The zero-order valence-corrected chi connectivity index (χ0v) is 11.8. The molecule has 1 amide bonds. The predicted molar refractivity (Wildman–Crippen MR) is 74.4 cm³/mol. The molecule has 0 atom stereocenters. The van der Waals surface area contributed by atoms with Gasteiger partial charge in [-0.1, -0.05) is 0 Å². The van der Waals surface area contributed by atoms with Gasteiger partial charge in [-0.15, -0.1) is 0 Å². The number of carbonyl (C=O) groups is 2. The van der Waals surface area contributed by atoms with Crippen molar-refractivity contribution in [2.75, 3.05) is 30.8 Å². The molecule has 2 heterocycles. The molecular formula is C13H18N4O3. The van der Waals surface area contributed by atoms with Crippen LogP contribution in [0.2, 0.25) is 0 Å². The van der Waals surface area contributed by atoms with E-state index in [2.05, 4.69) is 10.3 Å². The summed E-state index contributed by atoms with van der Waals surface area (Å²) < 4.78 is 4.76. The van der Waals surface area contributed by atoms with Gasteiger partial charge in [-0.25, -0.2) is 9.78 Å². The van der Waals surface area contributed by atoms with E-state index in [4.69, 9.17) is 10.5 Å². The Bertz CT molecular complexity index is 557. The van der Waals surface area contributed by atoms with Crippen molar-refractivity contribution in [1.29, 1.82) is 0 Å². The normalized spacial score (nSPS) is 17.6. The van der Waals surface area contributed by atoms with Gasteiger partial charge in [0.2, 0.25) is 5.91 Å². The molecule has 20 heavy (non-hydrogen) atoms. The summed E-state index contributed by atoms with van der Waals surface area (Å²) in [6.07, 6.45) is 1.46. The van der Waals surface area contributed by atoms with Gasteiger partial charge < -0.3 is 20.7 Å². The average Bonchev–Trinajstić information content (AvgIpc) is 2.41. The lowest BCUT2D eigenvalue weighted by molar-refractivity contribution is -0.126. The van der Waals surface area contributed by atoms with Crippen molar-refractivity contribution in [2.45, 2.75) is 19.4 Å². The SMILES string of the molecule is COC(=O)c1cc(N)cnc1N1CCNC(=O)C1(C)C. The third-order valence-electron chi connectivity index (χ3n) is 3.40. The number of hydrogen-bond donors (Lipinski definition) is 2. The Morgan fingerprint density at radius 3 is 2.90 bits per heavy atom. The van der Waals surface area contributed by atoms with Crippen molar-refractivity contribution in [2.24, 2.45) is 0 Å². The van der Waals surface area contributed by atoms with Crippen LogP contribution in [-0.2, 0) is 9.53 Å². The van der Waals surface area contributed by atoms with Gasteiger partial charge in [0.15, 0.2) is 0 Å². The van der Waals surface area contributed by atoms with Gasteiger partial charge in [0.05, 0.1) is 19.0 Å². The first-order chi connectivity index (χ1) is 9.37. The van der Waals surface area contributed by atoms with Gasteiger partial charge in [-0.05, 0) is 19.9 Å². The van der Waals surface area contributed by atoms with Crippen LogP contribution in [0.1, 0.15) is 24.2 Å². The van der Waals surface area contributed by atoms with E-state index in [9.17, 15) is 9.59 Å². The van der Waals surface area contributed by atoms with Crippen LogP contribution >= 0.6 is 0 Å². The standard InChI is InChI=1S/C13H18N4O3/c1-13(2)12(19)15-4-5-17(13)10-9(11(18)20-3)6-8(14)7-16-10/h6-7H,4-5,14H2,1-3H3,(H,15,19). The summed E-state index contributed by atoms with van der Waals surface area (Å²) in [7, 11) is 1.29. The number of anilines is 2. The molecule has 0 aliphatic carbocycles. The van der Waals surface area contributed by atoms with Gasteiger partial charge >= 0.3 is 5.97 Å². The molecule has 1 aliphatic rings. The second-order valence-corrected chi connectivity index (χ2v) is 5.10. The van der Waals surface area contributed by atoms with Crippen LogP contribution in [-0.4, -0.2) is 42.6 Å². The van der Waals surface area contributed by atoms with Gasteiger partial charge in [0, 0.05) is 13.1 Å². The van der Waals surface area contributed by atoms with Gasteiger partial charge in [-0.2, -0.15) is 0 Å². The van der Waals surface area contributed by atoms with Crippen LogP contribution in [0.4, 0.5) is 11.5 Å². The van der Waals surface area contributed by atoms with Crippen LogP contribution in [0.15, 0.2) is 12.3 Å². The summed E-state index contributed by atoms with van der Waals surface area (Å²) in [4.78, 5) is 29.9. The molecule has 0 aromatic carbocycles. The van der Waals surface area contributed by atoms with Crippen molar-refractivity contribution < 1.29 is 14.3 Å². The smallest absolute Gasteiger partial charge is 0.341 e. The van der Waals surface area contributed by atoms with E-state index in [1.165, 1.54) is 19.4 Å². The third-order valence-corrected chi connectivity index (χ3v) is 3.40. The summed E-state index contributed by atoms with van der Waals surface area (Å²) in [5.74, 6) is -0.231. The predicted octanol–water partition coefficient (Wildman–Crippen LogP) is 0.165. The summed E-state index contributed by atoms with van der Waals surface area (Å²) in [6, 6.07) is 1.51. The minimum atomic E-state index is -0.801. The van der Waals surface area contributed by atoms with Crippen molar-refractivity contribution in [3.05, 3.63) is 17.8 Å². The lowest BCUT2D eigenvalue weighted by atomic mass is 9.98. The number of ether oxygens (including phenoxy) is 1. The molecule has 0 saturated carbocycles. The van der Waals surface area contributed by atoms with Crippen molar-refractivity contribution in [3.63, 3.8) is 0 Å². The molecule has 0 unspecified atom stereocenters. The largest absolute Gasteiger partial charge is 0.465 e. The number of pyridine rings is 1. The van der Waals surface area contributed by atoms with E-state index in [0.29, 0.717) is 24.6 Å². The highest BCUT2D eigenvalue weighted by atomic mass is 16.5. The maximum absolute atomic E-state index is 12.0. The number of aromatic nitrogens is 1. The van der Waals surface area contributed by atoms with E-state index in [0.717, 1.165) is 0 Å². The summed E-state index contributed by atoms with van der Waals surface area (Å²) >= 11 is 0. The number of methoxy groups -OCH3 is 1. The van der Waals surface area contributed by atoms with Crippen LogP contribution in [0.5, 0.6) is 0 Å². The second-order valence-electron chi connectivity index (χ2n) is 5.10. The van der Waals surface area contributed by atoms with Crippen LogP contribution in [0.3, 0.4) is 0 Å². The van der Waals surface area contributed by atoms with E-state index >= 15 is 0 Å². The minimum Gasteiger partial charge on any atom is -0.465 e. The molecule has 1 aliphatic heterocycles. The minimum absolute atomic E-state index is 0.113. The van der Waals surface area contributed by atoms with E-state index in [-0.39, 0.29) is 11.5 Å². The average molecular weight is 278 g/mol. The molecule has 3 N–H and O–H groups in total. The van der Waals surface area contributed by atoms with Crippen LogP contribution in [0, 0.1) is 0 Å². The molecule has 1 aromatic heterocycles. The zero-order valence-electron chi connectivity index (χ0n) is 11.8. The quantitative estimate of drug-likeness (QED) is 0.748. The number of carbonyl (C=O) groups excluding carboxylic acids is 2. The number of nitrogens with zero attached hydrogens (tertiary/aromatic N) is 2. The maximum atomic E-state index is 12.0. The Morgan fingerprint density at radius 1 is 1.55 bits per heavy atom. The Kier molecular flexibility index (Phi) is 3.52. The van der Waals surface area contributed by atoms with Crippen molar-refractivity contribution >= 4 is 23.4 Å². The first kappa shape index (κ1) is 14.1. The molecule has 1 fully saturated rings. The number of hydrogen-bond acceptors (Lipinski definition) is 6. The fourth-order valence-electron chi connectivity index (χ4n) is 2.22. The monoisotopic (exact) mass is 278 g/mol. The molecule has 108 valence electrons. The number of nitrogens with one attached hydrogen (secondary N) is 1. The highest BCUT2D eigenvalue weighted by molar-refractivity contribution is 5.98. The molecule has 7 nitrogen and oxygen atoms in total. The Labute approximate surface area is 117 Å². The Balaban J connectivity index is 2.51. The summed E-state index contributed by atoms with van der Waals surface area (Å²) in [5, 5.41) is 2.80. The van der Waals surface area contributed by atoms with Crippen LogP contribution in [0.25, 0.3) is 0 Å². The highest BCUT2D eigenvalue weighted by Gasteiger charge is 2.40. The van der Waals surface area contributed by atoms with E-state index < -0.39 is 11.5 Å². The number of esters is 1. The summed E-state index contributed by atoms with van der Waals surface area (Å²) in [6.45, 7) is 4.61. The number of nitrogens with two attached hydrogens (primary N) is 1. The topological polar surface area (TPSA) is 97.6 Å². The number of amides is 1. The molecule has 0 spiro atoms. The molecular weight excluding hydrogens is 260 g/mol. The fourth-order valence-corrected chi connectivity index (χ4v) is 2.22. The number of nitrogen functional groups attached to an aromatic ring is 1. The number of rotatable bonds is 2. The lowest BCUT2D eigenvalue weighted by Crippen LogP contribution is -2.62. The molecule has 7 heteroatoms. The van der Waals surface area contributed by atoms with Gasteiger partial charge in [0.1, 0.15) is 16.9 Å². The Hall–Kier alpha value is -2.31. The van der Waals surface area contributed by atoms with E-state index in [1.54, 1.807) is 18.7 Å². The molecule has 2 rings (SSSR count). The summed E-state index contributed by atoms with van der Waals surface area (Å²) in [5.41, 5.74) is 5.50. The first-order valence-electron chi connectivity index (χ1n) is 6.27. The van der Waals surface area contributed by atoms with Gasteiger partial charge in [0.25, 0.3) is 0 Å². The first-order valence-corrected chi connectivity index (χ1v) is 6.27. The maximum Gasteiger partial charge on any atom is 0.341 e. The lowest BCUT2D eigenvalue weighted by Gasteiger charge is -2.42. The molecule has 1 aromatic rings. The Morgan fingerprint density at radius 2 is 2.25 bits per heavy atom. The zero-order chi connectivity index (χ0) is 14.9. The fraction of sp³-hybridized carbons (Fsp3) is 0.462. The molecule has 1 saturated heterocycles. The molecule has 0 radical (unpaired) electrons. The second kappa shape index (κ2) is 4.99. The molecule has 0 bridgehead atoms. The van der Waals surface area contributed by atoms with Crippen LogP contribution < -0.4 is 16.0 Å². The van der Waals surface area contributed by atoms with Gasteiger partial charge in [-0.3, -0.25) is 4.79 Å². The third kappa shape index (κ3) is 2.26. The number of piperazine rings is 1. The van der Waals surface area contributed by atoms with Crippen molar-refractivity contribution in [1.82, 2.24) is 10.3 Å².